The average molecular weight is 242 g/mol. The summed E-state index contributed by atoms with van der Waals surface area (Å²) in [5, 5.41) is 9.45. The Hall–Kier alpha value is -1.06. The monoisotopic (exact) mass is 242 g/mol. The Morgan fingerprint density at radius 3 is 2.35 bits per heavy atom. The molecule has 0 aliphatic heterocycles. The van der Waals surface area contributed by atoms with Crippen molar-refractivity contribution in [2.45, 2.75) is 46.5 Å². The lowest BCUT2D eigenvalue weighted by Gasteiger charge is -2.28. The molecule has 1 aliphatic rings. The predicted octanol–water partition coefficient (Wildman–Crippen LogP) is 2.47. The van der Waals surface area contributed by atoms with Crippen LogP contribution in [-0.4, -0.2) is 23.7 Å². The van der Waals surface area contributed by atoms with Gasteiger partial charge in [0.05, 0.1) is 6.61 Å². The number of hydrogen-bond acceptors (Lipinski definition) is 3. The minimum atomic E-state index is -1.33. The van der Waals surface area contributed by atoms with Crippen LogP contribution in [-0.2, 0) is 14.3 Å². The first-order chi connectivity index (χ1) is 7.92. The van der Waals surface area contributed by atoms with Crippen molar-refractivity contribution in [3.63, 3.8) is 0 Å². The molecule has 0 saturated heterocycles. The molecule has 0 spiro atoms. The standard InChI is InChI=1S/C13H22O4/c1-4-17-12(16)13(11(14)15,7-9(2)3)8-10-5-6-10/h9-10H,4-8H2,1-3H3,(H,14,15). The van der Waals surface area contributed by atoms with Crippen LogP contribution >= 0.6 is 0 Å². The van der Waals surface area contributed by atoms with Crippen LogP contribution in [0.4, 0.5) is 0 Å². The zero-order valence-electron chi connectivity index (χ0n) is 10.9. The zero-order chi connectivity index (χ0) is 13.1. The van der Waals surface area contributed by atoms with Gasteiger partial charge in [0.15, 0.2) is 5.41 Å². The van der Waals surface area contributed by atoms with Crippen molar-refractivity contribution in [3.05, 3.63) is 0 Å². The second-order valence-corrected chi connectivity index (χ2v) is 5.35. The minimum absolute atomic E-state index is 0.161. The first-order valence-electron chi connectivity index (χ1n) is 6.33. The van der Waals surface area contributed by atoms with Crippen LogP contribution in [0, 0.1) is 17.3 Å². The van der Waals surface area contributed by atoms with Crippen molar-refractivity contribution in [1.82, 2.24) is 0 Å². The molecule has 0 heterocycles. The number of ether oxygens (including phenoxy) is 1. The molecule has 0 aromatic rings. The van der Waals surface area contributed by atoms with Crippen LogP contribution in [0.2, 0.25) is 0 Å². The first kappa shape index (κ1) is 14.0. The molecule has 17 heavy (non-hydrogen) atoms. The highest BCUT2D eigenvalue weighted by Crippen LogP contribution is 2.44. The molecule has 1 N–H and O–H groups in total. The second kappa shape index (κ2) is 5.52. The minimum Gasteiger partial charge on any atom is -0.480 e. The van der Waals surface area contributed by atoms with Crippen LogP contribution in [0.5, 0.6) is 0 Å². The topological polar surface area (TPSA) is 63.6 Å². The fourth-order valence-electron chi connectivity index (χ4n) is 2.29. The van der Waals surface area contributed by atoms with Crippen LogP contribution < -0.4 is 0 Å². The van der Waals surface area contributed by atoms with Gasteiger partial charge in [-0.15, -0.1) is 0 Å². The third-order valence-corrected chi connectivity index (χ3v) is 3.17. The largest absolute Gasteiger partial charge is 0.480 e. The van der Waals surface area contributed by atoms with Crippen molar-refractivity contribution in [3.8, 4) is 0 Å². The molecule has 4 heteroatoms. The maximum absolute atomic E-state index is 12.0. The van der Waals surface area contributed by atoms with Crippen LogP contribution in [0.15, 0.2) is 0 Å². The van der Waals surface area contributed by atoms with Crippen molar-refractivity contribution in [2.75, 3.05) is 6.61 Å². The number of rotatable bonds is 7. The van der Waals surface area contributed by atoms with E-state index in [1.807, 2.05) is 13.8 Å². The van der Waals surface area contributed by atoms with Crippen LogP contribution in [0.25, 0.3) is 0 Å². The first-order valence-corrected chi connectivity index (χ1v) is 6.33. The summed E-state index contributed by atoms with van der Waals surface area (Å²) in [5.41, 5.74) is -1.33. The van der Waals surface area contributed by atoms with E-state index in [2.05, 4.69) is 0 Å². The summed E-state index contributed by atoms with van der Waals surface area (Å²) in [7, 11) is 0. The van der Waals surface area contributed by atoms with Gasteiger partial charge < -0.3 is 9.84 Å². The van der Waals surface area contributed by atoms with Crippen molar-refractivity contribution in [2.24, 2.45) is 17.3 Å². The number of carbonyl (C=O) groups is 2. The van der Waals surface area contributed by atoms with Crippen molar-refractivity contribution >= 4 is 11.9 Å². The Morgan fingerprint density at radius 1 is 1.41 bits per heavy atom. The quantitative estimate of drug-likeness (QED) is 0.550. The summed E-state index contributed by atoms with van der Waals surface area (Å²) in [6.45, 7) is 5.81. The third-order valence-electron chi connectivity index (χ3n) is 3.17. The number of carboxylic acid groups (broad SMARTS) is 1. The van der Waals surface area contributed by atoms with E-state index in [-0.39, 0.29) is 12.5 Å². The smallest absolute Gasteiger partial charge is 0.323 e. The van der Waals surface area contributed by atoms with E-state index >= 15 is 0 Å². The van der Waals surface area contributed by atoms with Crippen LogP contribution in [0.3, 0.4) is 0 Å². The summed E-state index contributed by atoms with van der Waals surface area (Å²) in [4.78, 5) is 23.5. The van der Waals surface area contributed by atoms with E-state index in [9.17, 15) is 14.7 Å². The molecule has 0 bridgehead atoms. The molecular weight excluding hydrogens is 220 g/mol. The maximum Gasteiger partial charge on any atom is 0.323 e. The van der Waals surface area contributed by atoms with Crippen LogP contribution in [0.1, 0.15) is 46.5 Å². The molecule has 0 amide bonds. The van der Waals surface area contributed by atoms with Gasteiger partial charge >= 0.3 is 11.9 Å². The Bertz CT molecular complexity index is 288. The summed E-state index contributed by atoms with van der Waals surface area (Å²) in [5.74, 6) is -1.05. The number of carboxylic acids is 1. The predicted molar refractivity (Wildman–Crippen MR) is 63.5 cm³/mol. The molecule has 98 valence electrons. The summed E-state index contributed by atoms with van der Waals surface area (Å²) in [6, 6.07) is 0. The van der Waals surface area contributed by atoms with Gasteiger partial charge in [-0.1, -0.05) is 26.7 Å². The highest BCUT2D eigenvalue weighted by atomic mass is 16.5. The van der Waals surface area contributed by atoms with E-state index in [0.717, 1.165) is 12.8 Å². The Kier molecular flexibility index (Phi) is 4.54. The molecule has 0 aromatic carbocycles. The van der Waals surface area contributed by atoms with Gasteiger partial charge in [0.2, 0.25) is 0 Å². The van der Waals surface area contributed by atoms with E-state index in [4.69, 9.17) is 4.74 Å². The molecule has 1 unspecified atom stereocenters. The normalized spacial score (nSPS) is 18.8. The summed E-state index contributed by atoms with van der Waals surface area (Å²) < 4.78 is 4.98. The van der Waals surface area contributed by atoms with Gasteiger partial charge in [0, 0.05) is 0 Å². The van der Waals surface area contributed by atoms with Gasteiger partial charge in [-0.3, -0.25) is 9.59 Å². The lowest BCUT2D eigenvalue weighted by molar-refractivity contribution is -0.171. The van der Waals surface area contributed by atoms with Gasteiger partial charge in [0.25, 0.3) is 0 Å². The summed E-state index contributed by atoms with van der Waals surface area (Å²) >= 11 is 0. The second-order valence-electron chi connectivity index (χ2n) is 5.35. The molecule has 1 rings (SSSR count). The molecule has 0 aromatic heterocycles. The van der Waals surface area contributed by atoms with Crippen molar-refractivity contribution < 1.29 is 19.4 Å². The Morgan fingerprint density at radius 2 is 2.00 bits per heavy atom. The van der Waals surface area contributed by atoms with E-state index in [1.165, 1.54) is 0 Å². The molecule has 1 atom stereocenters. The van der Waals surface area contributed by atoms with Gasteiger partial charge in [0.1, 0.15) is 0 Å². The maximum atomic E-state index is 12.0. The molecular formula is C13H22O4. The third kappa shape index (κ3) is 3.45. The zero-order valence-corrected chi connectivity index (χ0v) is 10.9. The molecule has 1 fully saturated rings. The number of hydrogen-bond donors (Lipinski definition) is 1. The highest BCUT2D eigenvalue weighted by Gasteiger charge is 2.50. The lowest BCUT2D eigenvalue weighted by atomic mass is 9.76. The molecule has 4 nitrogen and oxygen atoms in total. The Balaban J connectivity index is 2.90. The highest BCUT2D eigenvalue weighted by molar-refractivity contribution is 5.99. The number of aliphatic carboxylic acids is 1. The van der Waals surface area contributed by atoms with Gasteiger partial charge in [-0.05, 0) is 31.6 Å². The lowest BCUT2D eigenvalue weighted by Crippen LogP contribution is -2.42. The van der Waals surface area contributed by atoms with Crippen molar-refractivity contribution in [1.29, 1.82) is 0 Å². The van der Waals surface area contributed by atoms with E-state index < -0.39 is 17.4 Å². The average Bonchev–Trinajstić information content (AvgIpc) is 2.99. The fraction of sp³-hybridized carbons (Fsp3) is 0.846. The van der Waals surface area contributed by atoms with Gasteiger partial charge in [-0.25, -0.2) is 0 Å². The SMILES string of the molecule is CCOC(=O)C(CC(C)C)(CC1CC1)C(=O)O. The number of esters is 1. The molecule has 1 aliphatic carbocycles. The molecule has 1 saturated carbocycles. The Labute approximate surface area is 102 Å². The van der Waals surface area contributed by atoms with E-state index in [0.29, 0.717) is 18.8 Å². The summed E-state index contributed by atoms with van der Waals surface area (Å²) in [6.07, 6.45) is 2.86. The number of carbonyl (C=O) groups excluding carboxylic acids is 1. The molecule has 0 radical (unpaired) electrons. The van der Waals surface area contributed by atoms with E-state index in [1.54, 1.807) is 6.92 Å². The fourth-order valence-corrected chi connectivity index (χ4v) is 2.29. The van der Waals surface area contributed by atoms with Gasteiger partial charge in [-0.2, -0.15) is 0 Å².